The molecule has 0 bridgehead atoms. The van der Waals surface area contributed by atoms with Crippen LogP contribution >= 0.6 is 0 Å². The van der Waals surface area contributed by atoms with Gasteiger partial charge in [0.2, 0.25) is 0 Å². The third-order valence-corrected chi connectivity index (χ3v) is 6.41. The maximum atomic E-state index is 12.3. The Morgan fingerprint density at radius 1 is 1.04 bits per heavy atom. The summed E-state index contributed by atoms with van der Waals surface area (Å²) < 4.78 is 57.0. The molecule has 2 aromatic carbocycles. The van der Waals surface area contributed by atoms with E-state index < -0.39 is 41.5 Å². The number of aryl methyl sites for hydroxylation is 1. The van der Waals surface area contributed by atoms with E-state index in [1.807, 2.05) is 49.4 Å². The Hall–Kier alpha value is -1.26. The molecule has 3 aromatic rings. The Morgan fingerprint density at radius 2 is 1.61 bits per heavy atom. The first-order valence-electron chi connectivity index (χ1n) is 7.40. The van der Waals surface area contributed by atoms with Crippen LogP contribution in [-0.2, 0) is 6.61 Å². The molecule has 1 aromatic heterocycles. The number of benzene rings is 2. The Kier molecular flexibility index (Phi) is 8.40. The molecule has 0 aliphatic heterocycles. The Morgan fingerprint density at radius 3 is 2.14 bits per heavy atom. The molecule has 1 heterocycles. The predicted molar refractivity (Wildman–Crippen MR) is 88.3 cm³/mol. The van der Waals surface area contributed by atoms with Crippen LogP contribution in [0.4, 0.5) is 14.1 Å². The summed E-state index contributed by atoms with van der Waals surface area (Å²) >= 11 is -9.75. The molecule has 3 rings (SSSR count). The van der Waals surface area contributed by atoms with Crippen LogP contribution in [-0.4, -0.2) is 25.4 Å². The van der Waals surface area contributed by atoms with Crippen molar-refractivity contribution in [2.45, 2.75) is 13.5 Å². The topological polar surface area (TPSA) is 50.4 Å². The predicted octanol–water partition coefficient (Wildman–Crippen LogP) is -1.55. The van der Waals surface area contributed by atoms with Gasteiger partial charge in [0, 0.05) is 10.9 Å². The van der Waals surface area contributed by atoms with Gasteiger partial charge in [0.05, 0.1) is 6.61 Å². The number of hydrogen-bond acceptors (Lipinski definition) is 3. The molecule has 0 saturated heterocycles. The maximum absolute atomic E-state index is 12.3. The summed E-state index contributed by atoms with van der Waals surface area (Å²) in [5, 5.41) is 10.1. The van der Waals surface area contributed by atoms with Crippen LogP contribution in [0.25, 0.3) is 11.0 Å². The molecule has 0 aliphatic carbocycles. The first-order valence-corrected chi connectivity index (χ1v) is 14.4. The molecule has 0 aliphatic rings. The molecule has 0 fully saturated rings. The number of fused-ring (bicyclic) bond motifs is 1. The first kappa shape index (κ1) is 24.8. The molecule has 3 nitrogen and oxygen atoms in total. The number of aliphatic hydroxyl groups excluding tert-OH is 1. The van der Waals surface area contributed by atoms with Gasteiger partial charge in [-0.3, -0.25) is 0 Å². The average Bonchev–Trinajstić information content (AvgIpc) is 2.57. The van der Waals surface area contributed by atoms with E-state index >= 15 is 0 Å². The molecule has 28 heavy (non-hydrogen) atoms. The van der Waals surface area contributed by atoms with Crippen molar-refractivity contribution in [2.24, 2.45) is 0 Å². The molecular weight excluding hydrogens is 615 g/mol. The minimum absolute atomic E-state index is 0. The zero-order chi connectivity index (χ0) is 20.3. The van der Waals surface area contributed by atoms with Crippen LogP contribution in [0.3, 0.4) is 0 Å². The molecule has 0 unspecified atom stereocenters. The van der Waals surface area contributed by atoms with Crippen LogP contribution in [0, 0.1) is 14.1 Å². The monoisotopic (exact) mass is 628 g/mol. The summed E-state index contributed by atoms with van der Waals surface area (Å²) in [4.78, 5) is 12.3. The van der Waals surface area contributed by atoms with Gasteiger partial charge < -0.3 is 14.2 Å². The van der Waals surface area contributed by atoms with Crippen LogP contribution in [0.5, 0.6) is 0 Å². The van der Waals surface area contributed by atoms with E-state index in [1.165, 1.54) is 3.57 Å². The summed E-state index contributed by atoms with van der Waals surface area (Å²) in [5.41, 5.74) is 2.02. The van der Waals surface area contributed by atoms with Crippen molar-refractivity contribution in [2.75, 3.05) is 0 Å². The average molecular weight is 629 g/mol. The van der Waals surface area contributed by atoms with E-state index in [0.29, 0.717) is 5.58 Å². The van der Waals surface area contributed by atoms with Gasteiger partial charge in [-0.1, -0.05) is 30.3 Å². The van der Waals surface area contributed by atoms with Gasteiger partial charge in [0.1, 0.15) is 5.58 Å². The van der Waals surface area contributed by atoms with Gasteiger partial charge >= 0.3 is 61.2 Å². The fourth-order valence-corrected chi connectivity index (χ4v) is 4.59. The third kappa shape index (κ3) is 8.00. The molecule has 0 amide bonds. The van der Waals surface area contributed by atoms with Crippen LogP contribution in [0.15, 0.2) is 57.7 Å². The van der Waals surface area contributed by atoms with Crippen LogP contribution in [0.2, 0.25) is 0 Å². The Labute approximate surface area is 170 Å². The molecule has 1 N–H and O–H groups in total. The van der Waals surface area contributed by atoms with E-state index in [4.69, 9.17) is 4.42 Å². The summed E-state index contributed by atoms with van der Waals surface area (Å²) in [6.45, 7) is 1.91. The number of aliphatic hydroxyl groups is 1. The Balaban J connectivity index is 0.000000492. The molecule has 0 radical (unpaired) electrons. The summed E-state index contributed by atoms with van der Waals surface area (Å²) in [7, 11) is 0. The SMILES string of the molecule is Cc1c([I+]c2ccccc2)c(=O)oc2cc(CO)ccc12.[F-].[F][Sb]([F])([F])([F])[F]. The van der Waals surface area contributed by atoms with Gasteiger partial charge in [-0.15, -0.1) is 0 Å². The summed E-state index contributed by atoms with van der Waals surface area (Å²) in [6, 6.07) is 15.5. The van der Waals surface area contributed by atoms with Crippen molar-refractivity contribution < 1.29 is 49.5 Å². The second kappa shape index (κ2) is 9.49. The number of halogens is 7. The van der Waals surface area contributed by atoms with E-state index in [2.05, 4.69) is 0 Å². The normalized spacial score (nSPS) is 12.3. The van der Waals surface area contributed by atoms with Gasteiger partial charge in [-0.25, -0.2) is 4.79 Å². The Bertz CT molecular complexity index is 986. The molecule has 0 atom stereocenters. The molecule has 0 saturated carbocycles. The molecule has 11 heteroatoms. The zero-order valence-electron chi connectivity index (χ0n) is 14.2. The van der Waals surface area contributed by atoms with Gasteiger partial charge in [0.25, 0.3) is 3.57 Å². The first-order chi connectivity index (χ1) is 12.4. The zero-order valence-corrected chi connectivity index (χ0v) is 18.9. The van der Waals surface area contributed by atoms with Crippen molar-refractivity contribution >= 4 is 31.3 Å². The fraction of sp³-hybridized carbons (Fsp3) is 0.118. The summed E-state index contributed by atoms with van der Waals surface area (Å²) in [6.07, 6.45) is 0. The van der Waals surface area contributed by atoms with Crippen molar-refractivity contribution in [3.8, 4) is 0 Å². The second-order valence-corrected chi connectivity index (χ2v) is 11.9. The van der Waals surface area contributed by atoms with Gasteiger partial charge in [-0.05, 0) is 30.7 Å². The van der Waals surface area contributed by atoms with Gasteiger partial charge in [-0.2, -0.15) is 0 Å². The van der Waals surface area contributed by atoms with Crippen molar-refractivity contribution in [3.05, 3.63) is 77.2 Å². The summed E-state index contributed by atoms with van der Waals surface area (Å²) in [5.74, 6) is 0. The van der Waals surface area contributed by atoms with E-state index in [9.17, 15) is 24.0 Å². The minimum atomic E-state index is -9.19. The fourth-order valence-electron chi connectivity index (χ4n) is 2.17. The van der Waals surface area contributed by atoms with E-state index in [-0.39, 0.29) is 16.9 Å². The third-order valence-electron chi connectivity index (χ3n) is 3.28. The standard InChI is InChI=1S/C17H14IO3.6FH.Sb/c1-11-14-8-7-12(10-19)9-15(14)21-17(20)16(11)18-13-5-3-2-4-6-13;;;;;;;/h2-9,19H,10H2,1H3;6*1H;/q+1;;;;;;;+5/p-6. The second-order valence-electron chi connectivity index (χ2n) is 5.35. The molecule has 0 spiro atoms. The van der Waals surface area contributed by atoms with E-state index in [1.54, 1.807) is 6.07 Å². The van der Waals surface area contributed by atoms with Crippen molar-refractivity contribution in [3.63, 3.8) is 0 Å². The van der Waals surface area contributed by atoms with Crippen LogP contribution in [0.1, 0.15) is 11.1 Å². The van der Waals surface area contributed by atoms with Crippen LogP contribution < -0.4 is 31.5 Å². The number of hydrogen-bond donors (Lipinski definition) is 1. The van der Waals surface area contributed by atoms with Gasteiger partial charge in [0.15, 0.2) is 3.57 Å². The van der Waals surface area contributed by atoms with Crippen molar-refractivity contribution in [1.29, 1.82) is 0 Å². The van der Waals surface area contributed by atoms with Crippen molar-refractivity contribution in [1.82, 2.24) is 0 Å². The number of rotatable bonds is 3. The van der Waals surface area contributed by atoms with E-state index in [0.717, 1.165) is 20.1 Å². The molecule has 154 valence electrons. The quantitative estimate of drug-likeness (QED) is 0.166. The molecular formula is C17H14F6IO3Sb.